The van der Waals surface area contributed by atoms with Gasteiger partial charge in [-0.15, -0.1) is 0 Å². The second kappa shape index (κ2) is 8.08. The van der Waals surface area contributed by atoms with E-state index in [0.717, 1.165) is 0 Å². The molecule has 0 bridgehead atoms. The van der Waals surface area contributed by atoms with Gasteiger partial charge in [0.2, 0.25) is 0 Å². The lowest BCUT2D eigenvalue weighted by Gasteiger charge is -2.28. The molecule has 1 unspecified atom stereocenters. The number of nitrogens with zero attached hydrogens (tertiary/aromatic N) is 2. The number of Topliss-reactive ketones (excluding diaryl/α,β-unsaturated/α-hetero) is 1. The van der Waals surface area contributed by atoms with Crippen LogP contribution < -0.4 is 0 Å². The first-order valence-corrected chi connectivity index (χ1v) is 9.65. The summed E-state index contributed by atoms with van der Waals surface area (Å²) in [6, 6.07) is 2.89. The van der Waals surface area contributed by atoms with E-state index in [1.165, 1.54) is 40.9 Å². The van der Waals surface area contributed by atoms with Crippen LogP contribution in [0.3, 0.4) is 0 Å². The van der Waals surface area contributed by atoms with Crippen molar-refractivity contribution in [3.05, 3.63) is 35.8 Å². The Balaban J connectivity index is 2.45. The van der Waals surface area contributed by atoms with Crippen LogP contribution in [0.1, 0.15) is 58.8 Å². The first-order valence-electron chi connectivity index (χ1n) is 9.65. The van der Waals surface area contributed by atoms with Gasteiger partial charge in [0.15, 0.2) is 5.78 Å². The molecule has 0 saturated carbocycles. The van der Waals surface area contributed by atoms with Crippen molar-refractivity contribution >= 4 is 28.9 Å². The summed E-state index contributed by atoms with van der Waals surface area (Å²) in [6.07, 6.45) is -0.0309. The number of amides is 1. The van der Waals surface area contributed by atoms with E-state index in [1.807, 2.05) is 0 Å². The quantitative estimate of drug-likeness (QED) is 0.653. The predicted octanol–water partition coefficient (Wildman–Crippen LogP) is 5.00. The summed E-state index contributed by atoms with van der Waals surface area (Å²) >= 11 is 0. The Morgan fingerprint density at radius 1 is 1.03 bits per heavy atom. The maximum absolute atomic E-state index is 13.9. The summed E-state index contributed by atoms with van der Waals surface area (Å²) < 4.78 is 25.8. The van der Waals surface area contributed by atoms with Gasteiger partial charge in [-0.25, -0.2) is 14.0 Å². The fourth-order valence-corrected chi connectivity index (χ4v) is 2.75. The molecule has 0 saturated heterocycles. The van der Waals surface area contributed by atoms with Crippen LogP contribution in [-0.4, -0.2) is 51.7 Å². The maximum atomic E-state index is 13.9. The predicted molar refractivity (Wildman–Crippen MR) is 111 cm³/mol. The molecule has 1 aromatic heterocycles. The van der Waals surface area contributed by atoms with E-state index >= 15 is 0 Å². The normalized spacial score (nSPS) is 13.1. The molecule has 1 heterocycles. The highest BCUT2D eigenvalue weighted by Crippen LogP contribution is 2.26. The molecule has 0 spiro atoms. The zero-order valence-electron chi connectivity index (χ0n) is 18.7. The van der Waals surface area contributed by atoms with Gasteiger partial charge in [-0.05, 0) is 66.7 Å². The SMILES string of the molecule is CC(C(=O)c1cn(C(=O)OC(C)(C)C)c2ccc(F)cc12)N(C)C(=O)OC(C)(C)C. The number of hydrogen-bond donors (Lipinski definition) is 0. The summed E-state index contributed by atoms with van der Waals surface area (Å²) in [4.78, 5) is 39.3. The molecule has 7 nitrogen and oxygen atoms in total. The number of rotatable bonds is 3. The van der Waals surface area contributed by atoms with Crippen molar-refractivity contribution in [2.24, 2.45) is 0 Å². The molecule has 0 radical (unpaired) electrons. The van der Waals surface area contributed by atoms with Crippen molar-refractivity contribution in [2.75, 3.05) is 7.05 Å². The van der Waals surface area contributed by atoms with Crippen LogP contribution in [-0.2, 0) is 9.47 Å². The topological polar surface area (TPSA) is 77.8 Å². The minimum Gasteiger partial charge on any atom is -0.444 e. The summed E-state index contributed by atoms with van der Waals surface area (Å²) in [5.74, 6) is -1.01. The molecule has 164 valence electrons. The average Bonchev–Trinajstić information content (AvgIpc) is 2.95. The van der Waals surface area contributed by atoms with Gasteiger partial charge in [0.05, 0.1) is 11.6 Å². The lowest BCUT2D eigenvalue weighted by atomic mass is 10.0. The molecule has 0 N–H and O–H groups in total. The minimum atomic E-state index is -0.902. The first kappa shape index (κ1) is 23.4. The molecule has 0 fully saturated rings. The molecular weight excluding hydrogens is 391 g/mol. The van der Waals surface area contributed by atoms with Crippen LogP contribution in [0.5, 0.6) is 0 Å². The van der Waals surface area contributed by atoms with Crippen molar-refractivity contribution < 1.29 is 28.2 Å². The van der Waals surface area contributed by atoms with E-state index in [1.54, 1.807) is 48.5 Å². The van der Waals surface area contributed by atoms with Crippen LogP contribution >= 0.6 is 0 Å². The monoisotopic (exact) mass is 420 g/mol. The number of carbonyl (C=O) groups excluding carboxylic acids is 3. The molecule has 30 heavy (non-hydrogen) atoms. The Bertz CT molecular complexity index is 982. The molecule has 0 aliphatic heterocycles. The number of aromatic nitrogens is 1. The van der Waals surface area contributed by atoms with Crippen LogP contribution in [0.25, 0.3) is 10.9 Å². The fraction of sp³-hybridized carbons (Fsp3) is 0.500. The van der Waals surface area contributed by atoms with E-state index in [9.17, 15) is 18.8 Å². The number of carbonyl (C=O) groups is 3. The molecule has 0 aliphatic carbocycles. The fourth-order valence-electron chi connectivity index (χ4n) is 2.75. The summed E-state index contributed by atoms with van der Waals surface area (Å²) in [7, 11) is 1.45. The van der Waals surface area contributed by atoms with E-state index < -0.39 is 41.0 Å². The van der Waals surface area contributed by atoms with Gasteiger partial charge in [-0.3, -0.25) is 9.36 Å². The Labute approximate surface area is 175 Å². The minimum absolute atomic E-state index is 0.110. The third-order valence-electron chi connectivity index (χ3n) is 4.26. The lowest BCUT2D eigenvalue weighted by Crippen LogP contribution is -2.43. The Morgan fingerprint density at radius 3 is 2.13 bits per heavy atom. The van der Waals surface area contributed by atoms with Gasteiger partial charge in [-0.2, -0.15) is 0 Å². The Hall–Kier alpha value is -2.90. The first-order chi connectivity index (χ1) is 13.6. The Kier molecular flexibility index (Phi) is 6.30. The highest BCUT2D eigenvalue weighted by atomic mass is 19.1. The van der Waals surface area contributed by atoms with Crippen molar-refractivity contribution in [1.29, 1.82) is 0 Å². The van der Waals surface area contributed by atoms with Crippen LogP contribution in [0.15, 0.2) is 24.4 Å². The van der Waals surface area contributed by atoms with E-state index in [4.69, 9.17) is 9.47 Å². The summed E-state index contributed by atoms with van der Waals surface area (Å²) in [6.45, 7) is 11.9. The van der Waals surface area contributed by atoms with E-state index in [-0.39, 0.29) is 10.9 Å². The molecule has 1 atom stereocenters. The highest BCUT2D eigenvalue weighted by molar-refractivity contribution is 6.12. The number of likely N-dealkylation sites (N-methyl/N-ethyl adjacent to an activating group) is 1. The van der Waals surface area contributed by atoms with Crippen molar-refractivity contribution in [3.8, 4) is 0 Å². The van der Waals surface area contributed by atoms with Gasteiger partial charge in [-0.1, -0.05) is 0 Å². The molecule has 1 aromatic carbocycles. The summed E-state index contributed by atoms with van der Waals surface area (Å²) in [5.41, 5.74) is -1.02. The van der Waals surface area contributed by atoms with E-state index in [0.29, 0.717) is 5.52 Å². The molecule has 2 aromatic rings. The second-order valence-electron chi connectivity index (χ2n) is 9.19. The highest BCUT2D eigenvalue weighted by Gasteiger charge is 2.30. The number of ketones is 1. The number of fused-ring (bicyclic) bond motifs is 1. The van der Waals surface area contributed by atoms with Crippen molar-refractivity contribution in [1.82, 2.24) is 9.47 Å². The third-order valence-corrected chi connectivity index (χ3v) is 4.26. The van der Waals surface area contributed by atoms with Crippen LogP contribution in [0, 0.1) is 5.82 Å². The number of benzene rings is 1. The van der Waals surface area contributed by atoms with Crippen molar-refractivity contribution in [3.63, 3.8) is 0 Å². The smallest absolute Gasteiger partial charge is 0.419 e. The zero-order chi connectivity index (χ0) is 23.0. The summed E-state index contributed by atoms with van der Waals surface area (Å²) in [5, 5.41) is 0.260. The number of hydrogen-bond acceptors (Lipinski definition) is 5. The Morgan fingerprint density at radius 2 is 1.60 bits per heavy atom. The second-order valence-corrected chi connectivity index (χ2v) is 9.19. The average molecular weight is 420 g/mol. The van der Waals surface area contributed by atoms with E-state index in [2.05, 4.69) is 0 Å². The molecule has 2 rings (SSSR count). The van der Waals surface area contributed by atoms with Crippen LogP contribution in [0.2, 0.25) is 0 Å². The molecule has 0 aliphatic rings. The molecule has 8 heteroatoms. The van der Waals surface area contributed by atoms with Gasteiger partial charge in [0, 0.05) is 24.2 Å². The molecular formula is C22H29FN2O5. The third kappa shape index (κ3) is 5.37. The van der Waals surface area contributed by atoms with Crippen molar-refractivity contribution in [2.45, 2.75) is 65.7 Å². The lowest BCUT2D eigenvalue weighted by molar-refractivity contribution is 0.0231. The van der Waals surface area contributed by atoms with Gasteiger partial charge >= 0.3 is 12.2 Å². The zero-order valence-corrected chi connectivity index (χ0v) is 18.7. The number of ether oxygens (including phenoxy) is 2. The van der Waals surface area contributed by atoms with Gasteiger partial charge < -0.3 is 14.4 Å². The number of halogens is 1. The van der Waals surface area contributed by atoms with Gasteiger partial charge in [0.25, 0.3) is 0 Å². The van der Waals surface area contributed by atoms with Crippen LogP contribution in [0.4, 0.5) is 14.0 Å². The largest absolute Gasteiger partial charge is 0.444 e. The molecule has 1 amide bonds. The standard InChI is InChI=1S/C22H29FN2O5/c1-13(24(8)19(27)29-21(2,3)4)18(26)16-12-25(20(28)30-22(5,6)7)17-10-9-14(23)11-15(16)17/h9-13H,1-8H3. The maximum Gasteiger partial charge on any atom is 0.419 e. The van der Waals surface area contributed by atoms with Gasteiger partial charge in [0.1, 0.15) is 17.0 Å².